The Morgan fingerprint density at radius 1 is 0.808 bits per heavy atom. The molecule has 1 aromatic carbocycles. The van der Waals surface area contributed by atoms with Crippen molar-refractivity contribution >= 4 is 17.5 Å². The SMILES string of the molecule is O=C1C2CCCCC2C(=O)N1CCCN1CCN(c2ccccc2)CC1. The van der Waals surface area contributed by atoms with Crippen LogP contribution in [-0.4, -0.2) is 60.9 Å². The van der Waals surface area contributed by atoms with E-state index in [0.29, 0.717) is 6.54 Å². The predicted octanol–water partition coefficient (Wildman–Crippen LogP) is 2.37. The Morgan fingerprint density at radius 3 is 2.04 bits per heavy atom. The number of para-hydroxylation sites is 1. The highest BCUT2D eigenvalue weighted by atomic mass is 16.2. The van der Waals surface area contributed by atoms with E-state index in [0.717, 1.165) is 64.8 Å². The summed E-state index contributed by atoms with van der Waals surface area (Å²) in [7, 11) is 0. The van der Waals surface area contributed by atoms with Crippen molar-refractivity contribution in [1.29, 1.82) is 0 Å². The summed E-state index contributed by atoms with van der Waals surface area (Å²) in [5, 5.41) is 0. The minimum Gasteiger partial charge on any atom is -0.369 e. The van der Waals surface area contributed by atoms with Crippen LogP contribution in [0, 0.1) is 11.8 Å². The molecular weight excluding hydrogens is 326 g/mol. The van der Waals surface area contributed by atoms with Gasteiger partial charge in [0.15, 0.2) is 0 Å². The number of amides is 2. The van der Waals surface area contributed by atoms with Gasteiger partial charge >= 0.3 is 0 Å². The van der Waals surface area contributed by atoms with Gasteiger partial charge in [-0.1, -0.05) is 31.0 Å². The van der Waals surface area contributed by atoms with Crippen LogP contribution in [0.1, 0.15) is 32.1 Å². The molecule has 1 saturated carbocycles. The first-order valence-electron chi connectivity index (χ1n) is 10.1. The average Bonchev–Trinajstić information content (AvgIpc) is 2.94. The zero-order chi connectivity index (χ0) is 17.9. The van der Waals surface area contributed by atoms with Gasteiger partial charge in [-0.15, -0.1) is 0 Å². The summed E-state index contributed by atoms with van der Waals surface area (Å²) in [4.78, 5) is 31.5. The predicted molar refractivity (Wildman–Crippen MR) is 102 cm³/mol. The highest BCUT2D eigenvalue weighted by molar-refractivity contribution is 6.05. The van der Waals surface area contributed by atoms with E-state index < -0.39 is 0 Å². The summed E-state index contributed by atoms with van der Waals surface area (Å²) in [6.45, 7) is 5.73. The van der Waals surface area contributed by atoms with Crippen molar-refractivity contribution in [3.05, 3.63) is 30.3 Å². The zero-order valence-electron chi connectivity index (χ0n) is 15.5. The lowest BCUT2D eigenvalue weighted by Crippen LogP contribution is -2.47. The first kappa shape index (κ1) is 17.5. The highest BCUT2D eigenvalue weighted by Gasteiger charge is 2.47. The van der Waals surface area contributed by atoms with E-state index in [-0.39, 0.29) is 23.7 Å². The highest BCUT2D eigenvalue weighted by Crippen LogP contribution is 2.37. The largest absolute Gasteiger partial charge is 0.369 e. The summed E-state index contributed by atoms with van der Waals surface area (Å²) in [6.07, 6.45) is 4.90. The third-order valence-electron chi connectivity index (χ3n) is 6.28. The Morgan fingerprint density at radius 2 is 1.42 bits per heavy atom. The third-order valence-corrected chi connectivity index (χ3v) is 6.28. The van der Waals surface area contributed by atoms with Crippen molar-refractivity contribution in [1.82, 2.24) is 9.80 Å². The first-order chi connectivity index (χ1) is 12.7. The van der Waals surface area contributed by atoms with Crippen LogP contribution in [0.2, 0.25) is 0 Å². The molecule has 26 heavy (non-hydrogen) atoms. The molecule has 4 rings (SSSR count). The monoisotopic (exact) mass is 355 g/mol. The van der Waals surface area contributed by atoms with Crippen molar-refractivity contribution in [2.75, 3.05) is 44.2 Å². The topological polar surface area (TPSA) is 43.9 Å². The Bertz CT molecular complexity index is 616. The molecule has 1 aliphatic carbocycles. The maximum Gasteiger partial charge on any atom is 0.233 e. The number of carbonyl (C=O) groups excluding carboxylic acids is 2. The number of nitrogens with zero attached hydrogens (tertiary/aromatic N) is 3. The maximum atomic E-state index is 12.5. The molecule has 2 amide bonds. The van der Waals surface area contributed by atoms with Gasteiger partial charge < -0.3 is 4.90 Å². The molecule has 5 nitrogen and oxygen atoms in total. The minimum absolute atomic E-state index is 0.00864. The third kappa shape index (κ3) is 3.50. The molecule has 1 aromatic rings. The standard InChI is InChI=1S/C21H29N3O2/c25-20-18-9-4-5-10-19(18)21(26)24(20)12-6-11-22-13-15-23(16-14-22)17-7-2-1-3-8-17/h1-3,7-8,18-19H,4-6,9-16H2. The van der Waals surface area contributed by atoms with E-state index in [2.05, 4.69) is 40.1 Å². The van der Waals surface area contributed by atoms with Crippen molar-refractivity contribution in [2.45, 2.75) is 32.1 Å². The molecule has 5 heteroatoms. The van der Waals surface area contributed by atoms with E-state index in [1.165, 1.54) is 5.69 Å². The molecule has 3 fully saturated rings. The molecule has 0 aromatic heterocycles. The van der Waals surface area contributed by atoms with Crippen LogP contribution < -0.4 is 4.90 Å². The lowest BCUT2D eigenvalue weighted by Gasteiger charge is -2.36. The van der Waals surface area contributed by atoms with Gasteiger partial charge in [0.2, 0.25) is 11.8 Å². The van der Waals surface area contributed by atoms with E-state index >= 15 is 0 Å². The van der Waals surface area contributed by atoms with Gasteiger partial charge in [-0.05, 0) is 37.9 Å². The van der Waals surface area contributed by atoms with E-state index in [1.807, 2.05) is 0 Å². The van der Waals surface area contributed by atoms with Crippen LogP contribution in [0.5, 0.6) is 0 Å². The molecule has 2 saturated heterocycles. The number of anilines is 1. The molecule has 0 N–H and O–H groups in total. The molecule has 2 atom stereocenters. The molecule has 2 unspecified atom stereocenters. The minimum atomic E-state index is -0.00864. The zero-order valence-corrected chi connectivity index (χ0v) is 15.5. The van der Waals surface area contributed by atoms with Crippen LogP contribution in [0.3, 0.4) is 0 Å². The normalized spacial score (nSPS) is 27.1. The van der Waals surface area contributed by atoms with Crippen LogP contribution in [0.4, 0.5) is 5.69 Å². The number of hydrogen-bond donors (Lipinski definition) is 0. The Hall–Kier alpha value is -1.88. The summed E-state index contributed by atoms with van der Waals surface area (Å²) in [5.74, 6) is 0.193. The van der Waals surface area contributed by atoms with Crippen molar-refractivity contribution in [2.24, 2.45) is 11.8 Å². The summed E-state index contributed by atoms with van der Waals surface area (Å²) < 4.78 is 0. The second-order valence-electron chi connectivity index (χ2n) is 7.84. The van der Waals surface area contributed by atoms with E-state index in [4.69, 9.17) is 0 Å². The van der Waals surface area contributed by atoms with E-state index in [1.54, 1.807) is 4.90 Å². The molecule has 2 aliphatic heterocycles. The molecule has 140 valence electrons. The van der Waals surface area contributed by atoms with Crippen LogP contribution in [0.25, 0.3) is 0 Å². The number of imide groups is 1. The average molecular weight is 355 g/mol. The van der Waals surface area contributed by atoms with Gasteiger partial charge in [-0.2, -0.15) is 0 Å². The molecule has 3 aliphatic rings. The van der Waals surface area contributed by atoms with Gasteiger partial charge in [0.1, 0.15) is 0 Å². The fourth-order valence-electron chi connectivity index (χ4n) is 4.77. The molecule has 0 bridgehead atoms. The molecular formula is C21H29N3O2. The fourth-order valence-corrected chi connectivity index (χ4v) is 4.77. The van der Waals surface area contributed by atoms with Gasteiger partial charge in [0.05, 0.1) is 11.8 Å². The maximum absolute atomic E-state index is 12.5. The molecule has 0 spiro atoms. The van der Waals surface area contributed by atoms with E-state index in [9.17, 15) is 9.59 Å². The van der Waals surface area contributed by atoms with Crippen LogP contribution in [-0.2, 0) is 9.59 Å². The lowest BCUT2D eigenvalue weighted by atomic mass is 9.81. The van der Waals surface area contributed by atoms with Crippen LogP contribution >= 0.6 is 0 Å². The number of hydrogen-bond acceptors (Lipinski definition) is 4. The van der Waals surface area contributed by atoms with Gasteiger partial charge in [-0.3, -0.25) is 19.4 Å². The van der Waals surface area contributed by atoms with Crippen molar-refractivity contribution in [3.8, 4) is 0 Å². The summed E-state index contributed by atoms with van der Waals surface area (Å²) in [6, 6.07) is 10.6. The Kier molecular flexibility index (Phi) is 5.25. The van der Waals surface area contributed by atoms with Gasteiger partial charge in [0.25, 0.3) is 0 Å². The van der Waals surface area contributed by atoms with Gasteiger partial charge in [0, 0.05) is 38.4 Å². The quantitative estimate of drug-likeness (QED) is 0.761. The first-order valence-corrected chi connectivity index (χ1v) is 10.1. The summed E-state index contributed by atoms with van der Waals surface area (Å²) in [5.41, 5.74) is 1.29. The Balaban J connectivity index is 1.22. The second kappa shape index (κ2) is 7.78. The number of benzene rings is 1. The van der Waals surface area contributed by atoms with Crippen molar-refractivity contribution in [3.63, 3.8) is 0 Å². The molecule has 0 radical (unpaired) electrons. The smallest absolute Gasteiger partial charge is 0.233 e. The molecule has 2 heterocycles. The Labute approximate surface area is 155 Å². The second-order valence-corrected chi connectivity index (χ2v) is 7.84. The summed E-state index contributed by atoms with van der Waals surface area (Å²) >= 11 is 0. The number of carbonyl (C=O) groups is 2. The lowest BCUT2D eigenvalue weighted by molar-refractivity contribution is -0.140. The van der Waals surface area contributed by atoms with Crippen molar-refractivity contribution < 1.29 is 9.59 Å². The van der Waals surface area contributed by atoms with Crippen LogP contribution in [0.15, 0.2) is 30.3 Å². The fraction of sp³-hybridized carbons (Fsp3) is 0.619. The number of piperazine rings is 1. The number of rotatable bonds is 5. The number of fused-ring (bicyclic) bond motifs is 1. The number of likely N-dealkylation sites (tertiary alicyclic amines) is 1. The van der Waals surface area contributed by atoms with Gasteiger partial charge in [-0.25, -0.2) is 0 Å².